The molecule has 110 valence electrons. The van der Waals surface area contributed by atoms with Crippen molar-refractivity contribution >= 4 is 11.9 Å². The maximum absolute atomic E-state index is 11.3. The van der Waals surface area contributed by atoms with Crippen molar-refractivity contribution in [3.05, 3.63) is 23.3 Å². The molecule has 0 bridgehead atoms. The molecular formula is C14H18O6. The molecule has 0 atom stereocenters. The molecule has 6 nitrogen and oxygen atoms in total. The standard InChI is InChI=1S/C14H18O6/c1-3-19-13(17)7-9-5-12(16)10(6-11(9)15)8-14(18)20-4-2/h5-6,15-16H,3-4,7-8H2,1-2H3. The van der Waals surface area contributed by atoms with Crippen molar-refractivity contribution in [1.29, 1.82) is 0 Å². The van der Waals surface area contributed by atoms with Crippen molar-refractivity contribution in [2.45, 2.75) is 26.7 Å². The van der Waals surface area contributed by atoms with Crippen molar-refractivity contribution in [1.82, 2.24) is 0 Å². The van der Waals surface area contributed by atoms with E-state index in [-0.39, 0.29) is 48.7 Å². The third-order valence-corrected chi connectivity index (χ3v) is 2.56. The molecule has 0 fully saturated rings. The van der Waals surface area contributed by atoms with Crippen LogP contribution in [0.2, 0.25) is 0 Å². The summed E-state index contributed by atoms with van der Waals surface area (Å²) in [4.78, 5) is 22.7. The lowest BCUT2D eigenvalue weighted by atomic mass is 10.0. The lowest BCUT2D eigenvalue weighted by Crippen LogP contribution is -2.09. The fourth-order valence-corrected chi connectivity index (χ4v) is 1.68. The minimum atomic E-state index is -0.500. The molecular weight excluding hydrogens is 264 g/mol. The Morgan fingerprint density at radius 1 is 0.900 bits per heavy atom. The molecule has 1 aromatic carbocycles. The van der Waals surface area contributed by atoms with Crippen LogP contribution in [0.15, 0.2) is 12.1 Å². The van der Waals surface area contributed by atoms with Gasteiger partial charge in [0, 0.05) is 11.1 Å². The first kappa shape index (κ1) is 15.8. The van der Waals surface area contributed by atoms with Crippen LogP contribution in [0.4, 0.5) is 0 Å². The van der Waals surface area contributed by atoms with Gasteiger partial charge in [0.2, 0.25) is 0 Å². The van der Waals surface area contributed by atoms with Crippen LogP contribution in [-0.4, -0.2) is 35.4 Å². The van der Waals surface area contributed by atoms with Gasteiger partial charge in [0.25, 0.3) is 0 Å². The van der Waals surface area contributed by atoms with E-state index in [0.717, 1.165) is 0 Å². The Morgan fingerprint density at radius 2 is 1.25 bits per heavy atom. The van der Waals surface area contributed by atoms with Crippen molar-refractivity contribution < 1.29 is 29.3 Å². The SMILES string of the molecule is CCOC(=O)Cc1cc(O)c(CC(=O)OCC)cc1O. The zero-order valence-corrected chi connectivity index (χ0v) is 11.5. The topological polar surface area (TPSA) is 93.1 Å². The molecule has 0 aromatic heterocycles. The summed E-state index contributed by atoms with van der Waals surface area (Å²) in [5, 5.41) is 19.6. The van der Waals surface area contributed by atoms with E-state index in [1.54, 1.807) is 13.8 Å². The molecule has 1 rings (SSSR count). The quantitative estimate of drug-likeness (QED) is 0.603. The average Bonchev–Trinajstić information content (AvgIpc) is 2.36. The highest BCUT2D eigenvalue weighted by Gasteiger charge is 2.15. The van der Waals surface area contributed by atoms with E-state index >= 15 is 0 Å². The van der Waals surface area contributed by atoms with E-state index in [2.05, 4.69) is 0 Å². The van der Waals surface area contributed by atoms with Gasteiger partial charge >= 0.3 is 11.9 Å². The van der Waals surface area contributed by atoms with E-state index in [1.165, 1.54) is 12.1 Å². The molecule has 1 aromatic rings. The van der Waals surface area contributed by atoms with Crippen LogP contribution in [-0.2, 0) is 31.9 Å². The van der Waals surface area contributed by atoms with Crippen LogP contribution in [0.1, 0.15) is 25.0 Å². The van der Waals surface area contributed by atoms with E-state index in [0.29, 0.717) is 0 Å². The third kappa shape index (κ3) is 4.46. The maximum atomic E-state index is 11.3. The van der Waals surface area contributed by atoms with Gasteiger partial charge in [-0.2, -0.15) is 0 Å². The molecule has 0 amide bonds. The lowest BCUT2D eigenvalue weighted by molar-refractivity contribution is -0.143. The summed E-state index contributed by atoms with van der Waals surface area (Å²) in [5.41, 5.74) is 0.488. The minimum absolute atomic E-state index is 0.146. The van der Waals surface area contributed by atoms with Crippen LogP contribution in [0.3, 0.4) is 0 Å². The van der Waals surface area contributed by atoms with Crippen molar-refractivity contribution in [3.63, 3.8) is 0 Å². The van der Waals surface area contributed by atoms with Gasteiger partial charge in [0.05, 0.1) is 26.1 Å². The summed E-state index contributed by atoms with van der Waals surface area (Å²) >= 11 is 0. The average molecular weight is 282 g/mol. The van der Waals surface area contributed by atoms with Gasteiger partial charge in [-0.25, -0.2) is 0 Å². The van der Waals surface area contributed by atoms with Crippen molar-refractivity contribution in [3.8, 4) is 11.5 Å². The van der Waals surface area contributed by atoms with E-state index in [1.807, 2.05) is 0 Å². The predicted molar refractivity (Wildman–Crippen MR) is 70.4 cm³/mol. The maximum Gasteiger partial charge on any atom is 0.310 e. The molecule has 0 spiro atoms. The first-order valence-electron chi connectivity index (χ1n) is 6.32. The third-order valence-electron chi connectivity index (χ3n) is 2.56. The van der Waals surface area contributed by atoms with Gasteiger partial charge in [0.15, 0.2) is 0 Å². The van der Waals surface area contributed by atoms with Crippen LogP contribution in [0, 0.1) is 0 Å². The Balaban J connectivity index is 2.85. The fourth-order valence-electron chi connectivity index (χ4n) is 1.68. The summed E-state index contributed by atoms with van der Waals surface area (Å²) in [6.45, 7) is 3.84. The highest BCUT2D eigenvalue weighted by Crippen LogP contribution is 2.28. The summed E-state index contributed by atoms with van der Waals surface area (Å²) in [6, 6.07) is 2.50. The number of aromatic hydroxyl groups is 2. The van der Waals surface area contributed by atoms with Gasteiger partial charge in [0.1, 0.15) is 11.5 Å². The number of phenols is 2. The molecule has 20 heavy (non-hydrogen) atoms. The van der Waals surface area contributed by atoms with Crippen LogP contribution >= 0.6 is 0 Å². The molecule has 2 N–H and O–H groups in total. The van der Waals surface area contributed by atoms with Gasteiger partial charge in [-0.05, 0) is 26.0 Å². The molecule has 0 aliphatic heterocycles. The number of esters is 2. The van der Waals surface area contributed by atoms with E-state index in [9.17, 15) is 19.8 Å². The molecule has 0 saturated heterocycles. The highest BCUT2D eigenvalue weighted by molar-refractivity contribution is 5.76. The molecule has 6 heteroatoms. The number of hydrogen-bond acceptors (Lipinski definition) is 6. The normalized spacial score (nSPS) is 10.1. The van der Waals surface area contributed by atoms with Crippen molar-refractivity contribution in [2.75, 3.05) is 13.2 Å². The Morgan fingerprint density at radius 3 is 1.55 bits per heavy atom. The second-order valence-electron chi connectivity index (χ2n) is 4.07. The van der Waals surface area contributed by atoms with Gasteiger partial charge in [-0.3, -0.25) is 9.59 Å². The first-order chi connectivity index (χ1) is 9.47. The van der Waals surface area contributed by atoms with E-state index < -0.39 is 11.9 Å². The number of ether oxygens (including phenoxy) is 2. The second-order valence-corrected chi connectivity index (χ2v) is 4.07. The van der Waals surface area contributed by atoms with Gasteiger partial charge in [-0.15, -0.1) is 0 Å². The lowest BCUT2D eigenvalue weighted by Gasteiger charge is -2.09. The number of benzene rings is 1. The highest BCUT2D eigenvalue weighted by atomic mass is 16.5. The fraction of sp³-hybridized carbons (Fsp3) is 0.429. The zero-order valence-electron chi connectivity index (χ0n) is 11.5. The van der Waals surface area contributed by atoms with Crippen LogP contribution in [0.25, 0.3) is 0 Å². The summed E-state index contributed by atoms with van der Waals surface area (Å²) in [6.07, 6.45) is -0.292. The Hall–Kier alpha value is -2.24. The van der Waals surface area contributed by atoms with Crippen LogP contribution in [0.5, 0.6) is 11.5 Å². The molecule has 0 unspecified atom stereocenters. The summed E-state index contributed by atoms with van der Waals surface area (Å²) in [7, 11) is 0. The predicted octanol–water partition coefficient (Wildman–Crippen LogP) is 1.31. The number of phenolic OH excluding ortho intramolecular Hbond substituents is 2. The number of carbonyl (C=O) groups is 2. The summed E-state index contributed by atoms with van der Waals surface area (Å²) < 4.78 is 9.52. The molecule has 0 saturated carbocycles. The summed E-state index contributed by atoms with van der Waals surface area (Å²) in [5.74, 6) is -1.34. The largest absolute Gasteiger partial charge is 0.508 e. The van der Waals surface area contributed by atoms with Gasteiger partial charge in [-0.1, -0.05) is 0 Å². The first-order valence-corrected chi connectivity index (χ1v) is 6.32. The molecule has 0 heterocycles. The monoisotopic (exact) mass is 282 g/mol. The molecule has 0 radical (unpaired) electrons. The number of rotatable bonds is 6. The smallest absolute Gasteiger partial charge is 0.310 e. The van der Waals surface area contributed by atoms with Crippen molar-refractivity contribution in [2.24, 2.45) is 0 Å². The minimum Gasteiger partial charge on any atom is -0.508 e. The Labute approximate surface area is 116 Å². The Kier molecular flexibility index (Phi) is 5.83. The van der Waals surface area contributed by atoms with E-state index in [4.69, 9.17) is 9.47 Å². The Bertz CT molecular complexity index is 449. The number of hydrogen-bond donors (Lipinski definition) is 2. The van der Waals surface area contributed by atoms with Crippen LogP contribution < -0.4 is 0 Å². The zero-order chi connectivity index (χ0) is 15.1. The van der Waals surface area contributed by atoms with Gasteiger partial charge < -0.3 is 19.7 Å². The molecule has 0 aliphatic carbocycles. The second kappa shape index (κ2) is 7.37. The number of carbonyl (C=O) groups excluding carboxylic acids is 2. The molecule has 0 aliphatic rings.